The lowest BCUT2D eigenvalue weighted by atomic mass is 9.99. The summed E-state index contributed by atoms with van der Waals surface area (Å²) in [5.41, 5.74) is 5.42. The van der Waals surface area contributed by atoms with E-state index in [1.807, 2.05) is 40.7 Å². The predicted molar refractivity (Wildman–Crippen MR) is 226 cm³/mol. The van der Waals surface area contributed by atoms with Crippen LogP contribution < -0.4 is 10.6 Å². The quantitative estimate of drug-likeness (QED) is 0.149. The van der Waals surface area contributed by atoms with Crippen LogP contribution in [0.3, 0.4) is 0 Å². The smallest absolute Gasteiger partial charge is 0.255 e. The second kappa shape index (κ2) is 17.2. The molecule has 4 aromatic rings. The zero-order valence-corrected chi connectivity index (χ0v) is 35.3. The lowest BCUT2D eigenvalue weighted by Gasteiger charge is -2.34. The Morgan fingerprint density at radius 1 is 0.950 bits per heavy atom. The number of hydrogen-bond donors (Lipinski definition) is 2. The number of nitrogens with zero attached hydrogens (tertiary/aromatic N) is 7. The van der Waals surface area contributed by atoms with E-state index < -0.39 is 18.0 Å². The number of fused-ring (bicyclic) bond motifs is 4. The van der Waals surface area contributed by atoms with Gasteiger partial charge in [0, 0.05) is 89.8 Å². The molecule has 0 saturated carbocycles. The Bertz CT molecular complexity index is 2430. The predicted octanol–water partition coefficient (Wildman–Crippen LogP) is 4.86. The minimum absolute atomic E-state index is 0.0347. The average molecular weight is 852 g/mol. The largest absolute Gasteiger partial charge is 0.340 e. The number of carbonyl (C=O) groups excluding carboxylic acids is 6. The second-order valence-corrected chi connectivity index (χ2v) is 17.4. The molecule has 2 saturated heterocycles. The lowest BCUT2D eigenvalue weighted by molar-refractivity contribution is -0.137. The number of ketones is 1. The van der Waals surface area contributed by atoms with Crippen LogP contribution in [-0.4, -0.2) is 109 Å². The maximum atomic E-state index is 13.9. The Labute approximate surface area is 356 Å². The molecule has 2 atom stereocenters. The summed E-state index contributed by atoms with van der Waals surface area (Å²) in [6.45, 7) is 8.66. The molecule has 17 heteroatoms. The minimum atomic E-state index is -0.740. The Hall–Kier alpha value is -5.58. The van der Waals surface area contributed by atoms with E-state index in [2.05, 4.69) is 39.6 Å². The number of aryl methyl sites for hydroxylation is 2. The molecule has 4 aliphatic rings. The highest BCUT2D eigenvalue weighted by Crippen LogP contribution is 2.40. The SMILES string of the molecule is Cc1sc2c(c1C)C(c1ccc(Cl)cc1)=N[C@@H](CC(=O)N1CCN(CC(=O)CCCCC(=O)Nc3cccc4c3CN(C3CCC(=O)NC3=O)C4=O)CC1)c1nnc(C)n1-2. The van der Waals surface area contributed by atoms with E-state index in [1.54, 1.807) is 29.5 Å². The number of carbonyl (C=O) groups is 6. The molecule has 5 amide bonds. The zero-order valence-electron chi connectivity index (χ0n) is 33.8. The summed E-state index contributed by atoms with van der Waals surface area (Å²) in [6, 6.07) is 11.4. The number of piperidine rings is 1. The second-order valence-electron chi connectivity index (χ2n) is 15.8. The highest BCUT2D eigenvalue weighted by molar-refractivity contribution is 7.15. The third-order valence-corrected chi connectivity index (χ3v) is 13.3. The molecule has 2 aromatic carbocycles. The summed E-state index contributed by atoms with van der Waals surface area (Å²) < 4.78 is 2.04. The average Bonchev–Trinajstić information content (AvgIpc) is 3.84. The van der Waals surface area contributed by atoms with Crippen LogP contribution in [0.2, 0.25) is 5.02 Å². The first-order valence-corrected chi connectivity index (χ1v) is 21.5. The minimum Gasteiger partial charge on any atom is -0.340 e. The van der Waals surface area contributed by atoms with Crippen molar-refractivity contribution in [2.24, 2.45) is 4.99 Å². The van der Waals surface area contributed by atoms with Crippen molar-refractivity contribution in [1.29, 1.82) is 0 Å². The molecule has 0 radical (unpaired) electrons. The third-order valence-electron chi connectivity index (χ3n) is 11.8. The van der Waals surface area contributed by atoms with Crippen LogP contribution in [-0.2, 0) is 30.5 Å². The van der Waals surface area contributed by atoms with Crippen LogP contribution in [0, 0.1) is 20.8 Å². The molecule has 312 valence electrons. The van der Waals surface area contributed by atoms with Crippen molar-refractivity contribution in [2.45, 2.75) is 84.3 Å². The number of imide groups is 1. The summed E-state index contributed by atoms with van der Waals surface area (Å²) in [5.74, 6) is 0.0378. The van der Waals surface area contributed by atoms with E-state index >= 15 is 0 Å². The summed E-state index contributed by atoms with van der Waals surface area (Å²) in [7, 11) is 0. The van der Waals surface area contributed by atoms with Crippen LogP contribution in [0.5, 0.6) is 0 Å². The van der Waals surface area contributed by atoms with Crippen LogP contribution in [0.1, 0.15) is 100 Å². The number of aromatic nitrogens is 3. The van der Waals surface area contributed by atoms with Crippen molar-refractivity contribution in [3.05, 3.63) is 91.8 Å². The molecule has 0 aliphatic carbocycles. The van der Waals surface area contributed by atoms with Crippen LogP contribution in [0.25, 0.3) is 5.00 Å². The highest BCUT2D eigenvalue weighted by atomic mass is 35.5. The fraction of sp³-hybridized carbons (Fsp3) is 0.419. The van der Waals surface area contributed by atoms with Crippen molar-refractivity contribution >= 4 is 69.7 Å². The van der Waals surface area contributed by atoms with Gasteiger partial charge >= 0.3 is 0 Å². The van der Waals surface area contributed by atoms with Crippen molar-refractivity contribution in [3.8, 4) is 5.00 Å². The zero-order chi connectivity index (χ0) is 42.2. The fourth-order valence-corrected chi connectivity index (χ4v) is 9.77. The van der Waals surface area contributed by atoms with Gasteiger partial charge in [-0.2, -0.15) is 0 Å². The fourth-order valence-electron chi connectivity index (χ4n) is 8.43. The molecule has 1 unspecified atom stereocenters. The molecule has 2 N–H and O–H groups in total. The van der Waals surface area contributed by atoms with Gasteiger partial charge in [-0.05, 0) is 69.9 Å². The van der Waals surface area contributed by atoms with E-state index in [0.717, 1.165) is 33.2 Å². The molecule has 0 spiro atoms. The van der Waals surface area contributed by atoms with Crippen LogP contribution >= 0.6 is 22.9 Å². The number of anilines is 1. The van der Waals surface area contributed by atoms with E-state index in [9.17, 15) is 28.8 Å². The van der Waals surface area contributed by atoms with Crippen molar-refractivity contribution in [1.82, 2.24) is 34.8 Å². The molecular formula is C43H46ClN9O6S. The van der Waals surface area contributed by atoms with E-state index in [0.29, 0.717) is 73.1 Å². The molecule has 60 heavy (non-hydrogen) atoms. The monoisotopic (exact) mass is 851 g/mol. The summed E-state index contributed by atoms with van der Waals surface area (Å²) in [4.78, 5) is 88.7. The number of hydrogen-bond acceptors (Lipinski definition) is 11. The standard InChI is InChI=1S/C43H46ClN9O6S/c1-24-25(2)60-43-38(24)39(27-11-13-28(44)14-12-27)46-33(40-49-48-26(3)53(40)43)21-37(57)51-19-17-50(18-20-51)22-29(54)7-4-5-10-35(55)45-32-9-6-8-30-31(32)23-52(42(30)59)34-15-16-36(56)47-41(34)58/h6,8-9,11-14,33-34H,4-5,7,10,15-23H2,1-3H3,(H,45,55)(H,47,56,58)/t33-,34?/m0/s1. The van der Waals surface area contributed by atoms with Gasteiger partial charge in [-0.1, -0.05) is 29.8 Å². The molecule has 6 heterocycles. The number of piperazine rings is 1. The number of thiophene rings is 1. The maximum absolute atomic E-state index is 13.9. The summed E-state index contributed by atoms with van der Waals surface area (Å²) in [6.07, 6.45) is 2.15. The van der Waals surface area contributed by atoms with E-state index in [1.165, 1.54) is 9.78 Å². The number of Topliss-reactive ketones (excluding diaryl/α,β-unsaturated/α-hetero) is 1. The van der Waals surface area contributed by atoms with Gasteiger partial charge in [-0.15, -0.1) is 21.5 Å². The first kappa shape index (κ1) is 41.2. The van der Waals surface area contributed by atoms with Gasteiger partial charge in [0.15, 0.2) is 5.82 Å². The molecule has 2 fully saturated rings. The van der Waals surface area contributed by atoms with E-state index in [-0.39, 0.29) is 68.2 Å². The highest BCUT2D eigenvalue weighted by Gasteiger charge is 2.40. The Morgan fingerprint density at radius 3 is 2.45 bits per heavy atom. The Balaban J connectivity index is 0.808. The third kappa shape index (κ3) is 8.27. The number of rotatable bonds is 12. The topological polar surface area (TPSA) is 179 Å². The summed E-state index contributed by atoms with van der Waals surface area (Å²) in [5, 5.41) is 15.8. The first-order chi connectivity index (χ1) is 28.9. The van der Waals surface area contributed by atoms with Gasteiger partial charge in [0.2, 0.25) is 23.6 Å². The van der Waals surface area contributed by atoms with Gasteiger partial charge in [0.1, 0.15) is 28.7 Å². The van der Waals surface area contributed by atoms with Gasteiger partial charge in [0.05, 0.1) is 18.7 Å². The van der Waals surface area contributed by atoms with Crippen molar-refractivity contribution in [2.75, 3.05) is 38.0 Å². The molecule has 2 aromatic heterocycles. The van der Waals surface area contributed by atoms with Gasteiger partial charge in [-0.25, -0.2) is 0 Å². The van der Waals surface area contributed by atoms with Gasteiger partial charge < -0.3 is 15.1 Å². The Kier molecular flexibility index (Phi) is 11.8. The van der Waals surface area contributed by atoms with Gasteiger partial charge in [0.25, 0.3) is 5.91 Å². The summed E-state index contributed by atoms with van der Waals surface area (Å²) >= 11 is 7.92. The van der Waals surface area contributed by atoms with Crippen molar-refractivity contribution < 1.29 is 28.8 Å². The molecule has 4 aliphatic heterocycles. The molecule has 0 bridgehead atoms. The van der Waals surface area contributed by atoms with Gasteiger partial charge in [-0.3, -0.25) is 48.5 Å². The number of nitrogens with one attached hydrogen (secondary N) is 2. The molecule has 15 nitrogen and oxygen atoms in total. The normalized spacial score (nSPS) is 19.0. The number of benzene rings is 2. The van der Waals surface area contributed by atoms with Crippen LogP contribution in [0.4, 0.5) is 5.69 Å². The lowest BCUT2D eigenvalue weighted by Crippen LogP contribution is -2.52. The Morgan fingerprint density at radius 2 is 1.70 bits per heavy atom. The first-order valence-electron chi connectivity index (χ1n) is 20.3. The molecule has 8 rings (SSSR count). The number of aliphatic imine (C=N–C) groups is 1. The van der Waals surface area contributed by atoms with Crippen LogP contribution in [0.15, 0.2) is 47.5 Å². The number of amides is 5. The van der Waals surface area contributed by atoms with E-state index in [4.69, 9.17) is 16.6 Å². The number of halogens is 1. The number of unbranched alkanes of at least 4 members (excludes halogenated alkanes) is 1. The van der Waals surface area contributed by atoms with Crippen molar-refractivity contribution in [3.63, 3.8) is 0 Å². The molecular weight excluding hydrogens is 806 g/mol. The maximum Gasteiger partial charge on any atom is 0.255 e.